The van der Waals surface area contributed by atoms with Crippen molar-refractivity contribution in [3.63, 3.8) is 0 Å². The van der Waals surface area contributed by atoms with Gasteiger partial charge in [0.1, 0.15) is 18.5 Å². The predicted molar refractivity (Wildman–Crippen MR) is 91.3 cm³/mol. The summed E-state index contributed by atoms with van der Waals surface area (Å²) in [5, 5.41) is 6.76. The molecule has 8 nitrogen and oxygen atoms in total. The monoisotopic (exact) mass is 358 g/mol. The number of hydrogen-bond donors (Lipinski definition) is 1. The number of aromatic nitrogens is 2. The van der Waals surface area contributed by atoms with Crippen molar-refractivity contribution < 1.29 is 18.8 Å². The van der Waals surface area contributed by atoms with Gasteiger partial charge in [-0.05, 0) is 18.9 Å². The number of nitrogens with zero attached hydrogens (tertiary/aromatic N) is 3. The zero-order valence-corrected chi connectivity index (χ0v) is 14.5. The van der Waals surface area contributed by atoms with E-state index in [1.165, 1.54) is 0 Å². The topological polar surface area (TPSA) is 89.7 Å². The van der Waals surface area contributed by atoms with Crippen LogP contribution in [0.2, 0.25) is 0 Å². The molecule has 0 bridgehead atoms. The number of nitrogens with one attached hydrogen (secondary N) is 1. The first kappa shape index (κ1) is 17.0. The van der Waals surface area contributed by atoms with Gasteiger partial charge in [-0.25, -0.2) is 0 Å². The third-order valence-corrected chi connectivity index (χ3v) is 4.53. The summed E-state index contributed by atoms with van der Waals surface area (Å²) in [6.07, 6.45) is 1.79. The van der Waals surface area contributed by atoms with Crippen molar-refractivity contribution in [2.75, 3.05) is 26.3 Å². The van der Waals surface area contributed by atoms with Crippen LogP contribution < -0.4 is 10.1 Å². The van der Waals surface area contributed by atoms with Crippen LogP contribution in [0.15, 0.2) is 28.8 Å². The van der Waals surface area contributed by atoms with E-state index in [2.05, 4.69) is 20.4 Å². The van der Waals surface area contributed by atoms with Gasteiger partial charge in [0.05, 0.1) is 13.1 Å². The molecule has 1 fully saturated rings. The lowest BCUT2D eigenvalue weighted by atomic mass is 10.2. The second-order valence-electron chi connectivity index (χ2n) is 6.49. The van der Waals surface area contributed by atoms with Gasteiger partial charge in [-0.15, -0.1) is 0 Å². The molecule has 0 unspecified atom stereocenters. The number of fused-ring (bicyclic) bond motifs is 1. The quantitative estimate of drug-likeness (QED) is 0.865. The minimum absolute atomic E-state index is 0.0761. The first-order valence-corrected chi connectivity index (χ1v) is 8.92. The molecule has 4 rings (SSSR count). The Kier molecular flexibility index (Phi) is 5.12. The average molecular weight is 358 g/mol. The third kappa shape index (κ3) is 4.03. The van der Waals surface area contributed by atoms with Gasteiger partial charge in [0.2, 0.25) is 5.91 Å². The van der Waals surface area contributed by atoms with Gasteiger partial charge >= 0.3 is 0 Å². The molecular weight excluding hydrogens is 336 g/mol. The van der Waals surface area contributed by atoms with Crippen molar-refractivity contribution in [1.29, 1.82) is 0 Å². The molecule has 0 aliphatic carbocycles. The molecule has 3 heterocycles. The van der Waals surface area contributed by atoms with Crippen molar-refractivity contribution in [1.82, 2.24) is 20.4 Å². The molecule has 0 saturated carbocycles. The van der Waals surface area contributed by atoms with E-state index in [9.17, 15) is 4.79 Å². The van der Waals surface area contributed by atoms with Crippen molar-refractivity contribution in [2.24, 2.45) is 0 Å². The minimum Gasteiger partial charge on any atom is -0.492 e. The summed E-state index contributed by atoms with van der Waals surface area (Å²) in [6.45, 7) is 3.23. The van der Waals surface area contributed by atoms with Crippen molar-refractivity contribution in [2.45, 2.75) is 32.0 Å². The van der Waals surface area contributed by atoms with Crippen LogP contribution in [0.4, 0.5) is 0 Å². The van der Waals surface area contributed by atoms with Crippen LogP contribution in [0, 0.1) is 0 Å². The highest BCUT2D eigenvalue weighted by Gasteiger charge is 2.24. The zero-order chi connectivity index (χ0) is 17.8. The number of carbonyl (C=O) groups is 1. The SMILES string of the molecule is O=C(CN1CCOc2ccccc2C1)NCc1noc([C@@H]2CCCO2)n1. The molecule has 8 heteroatoms. The molecule has 2 aliphatic heterocycles. The van der Waals surface area contributed by atoms with Gasteiger partial charge < -0.3 is 19.3 Å². The highest BCUT2D eigenvalue weighted by molar-refractivity contribution is 5.77. The van der Waals surface area contributed by atoms with Crippen LogP contribution in [0.1, 0.15) is 36.2 Å². The van der Waals surface area contributed by atoms with E-state index in [0.29, 0.717) is 38.0 Å². The number of ether oxygens (including phenoxy) is 2. The summed E-state index contributed by atoms with van der Waals surface area (Å²) < 4.78 is 16.5. The number of carbonyl (C=O) groups excluding carboxylic acids is 1. The predicted octanol–water partition coefficient (Wildman–Crippen LogP) is 1.43. The first-order chi connectivity index (χ1) is 12.8. The van der Waals surface area contributed by atoms with Crippen LogP contribution in [-0.4, -0.2) is 47.3 Å². The maximum absolute atomic E-state index is 12.3. The maximum atomic E-state index is 12.3. The van der Waals surface area contributed by atoms with Gasteiger partial charge in [0.15, 0.2) is 5.82 Å². The van der Waals surface area contributed by atoms with Gasteiger partial charge in [-0.1, -0.05) is 23.4 Å². The first-order valence-electron chi connectivity index (χ1n) is 8.92. The van der Waals surface area contributed by atoms with Crippen LogP contribution in [0.3, 0.4) is 0 Å². The molecule has 2 aromatic rings. The fourth-order valence-corrected chi connectivity index (χ4v) is 3.19. The Hall–Kier alpha value is -2.45. The van der Waals surface area contributed by atoms with Crippen LogP contribution in [-0.2, 0) is 22.6 Å². The Morgan fingerprint density at radius 3 is 3.12 bits per heavy atom. The Bertz CT molecular complexity index is 757. The maximum Gasteiger partial charge on any atom is 0.255 e. The molecule has 138 valence electrons. The molecule has 0 radical (unpaired) electrons. The van der Waals surface area contributed by atoms with Crippen LogP contribution >= 0.6 is 0 Å². The second-order valence-corrected chi connectivity index (χ2v) is 6.49. The number of benzene rings is 1. The van der Waals surface area contributed by atoms with E-state index in [1.54, 1.807) is 0 Å². The van der Waals surface area contributed by atoms with E-state index >= 15 is 0 Å². The average Bonchev–Trinajstić information content (AvgIpc) is 3.29. The normalized spacial score (nSPS) is 20.2. The van der Waals surface area contributed by atoms with Gasteiger partial charge in [0, 0.05) is 25.3 Å². The Morgan fingerprint density at radius 1 is 1.31 bits per heavy atom. The van der Waals surface area contributed by atoms with Gasteiger partial charge in [-0.3, -0.25) is 9.69 Å². The van der Waals surface area contributed by atoms with E-state index in [4.69, 9.17) is 14.0 Å². The molecular formula is C18H22N4O4. The number of amides is 1. The summed E-state index contributed by atoms with van der Waals surface area (Å²) in [6, 6.07) is 7.92. The molecule has 1 N–H and O–H groups in total. The Balaban J connectivity index is 1.27. The molecule has 26 heavy (non-hydrogen) atoms. The standard InChI is InChI=1S/C18H22N4O4/c23-17(12-22-7-9-25-14-5-2-1-4-13(14)11-22)19-10-16-20-18(26-21-16)15-6-3-8-24-15/h1-2,4-5,15H,3,6-12H2,(H,19,23)/t15-/m0/s1. The van der Waals surface area contributed by atoms with E-state index in [-0.39, 0.29) is 18.6 Å². The summed E-state index contributed by atoms with van der Waals surface area (Å²) >= 11 is 0. The molecule has 1 atom stereocenters. The van der Waals surface area contributed by atoms with Crippen molar-refractivity contribution in [3.05, 3.63) is 41.5 Å². The largest absolute Gasteiger partial charge is 0.492 e. The third-order valence-electron chi connectivity index (χ3n) is 4.53. The summed E-state index contributed by atoms with van der Waals surface area (Å²) in [5.41, 5.74) is 1.09. The Morgan fingerprint density at radius 2 is 2.23 bits per heavy atom. The molecule has 2 aliphatic rings. The minimum atomic E-state index is -0.107. The molecule has 1 amide bonds. The summed E-state index contributed by atoms with van der Waals surface area (Å²) in [5.74, 6) is 1.78. The summed E-state index contributed by atoms with van der Waals surface area (Å²) in [4.78, 5) is 18.6. The van der Waals surface area contributed by atoms with Gasteiger partial charge in [-0.2, -0.15) is 4.98 Å². The van der Waals surface area contributed by atoms with Gasteiger partial charge in [0.25, 0.3) is 5.89 Å². The fourth-order valence-electron chi connectivity index (χ4n) is 3.19. The highest BCUT2D eigenvalue weighted by atomic mass is 16.5. The number of hydrogen-bond acceptors (Lipinski definition) is 7. The van der Waals surface area contributed by atoms with E-state index in [1.807, 2.05) is 24.3 Å². The molecule has 0 spiro atoms. The Labute approximate surface area is 151 Å². The van der Waals surface area contributed by atoms with Crippen molar-refractivity contribution >= 4 is 5.91 Å². The lowest BCUT2D eigenvalue weighted by Gasteiger charge is -2.18. The smallest absolute Gasteiger partial charge is 0.255 e. The number of rotatable bonds is 5. The van der Waals surface area contributed by atoms with Crippen molar-refractivity contribution in [3.8, 4) is 5.75 Å². The highest BCUT2D eigenvalue weighted by Crippen LogP contribution is 2.26. The lowest BCUT2D eigenvalue weighted by Crippen LogP contribution is -2.37. The van der Waals surface area contributed by atoms with E-state index in [0.717, 1.165) is 30.8 Å². The lowest BCUT2D eigenvalue weighted by molar-refractivity contribution is -0.122. The fraction of sp³-hybridized carbons (Fsp3) is 0.500. The molecule has 1 aromatic heterocycles. The van der Waals surface area contributed by atoms with Crippen LogP contribution in [0.5, 0.6) is 5.75 Å². The summed E-state index contributed by atoms with van der Waals surface area (Å²) in [7, 11) is 0. The number of para-hydroxylation sites is 1. The zero-order valence-electron chi connectivity index (χ0n) is 14.5. The molecule has 1 aromatic carbocycles. The van der Waals surface area contributed by atoms with E-state index < -0.39 is 0 Å². The second kappa shape index (κ2) is 7.84. The molecule has 1 saturated heterocycles. The van der Waals surface area contributed by atoms with Crippen LogP contribution in [0.25, 0.3) is 0 Å².